The predicted molar refractivity (Wildman–Crippen MR) is 124 cm³/mol. The molecule has 1 atom stereocenters. The Bertz CT molecular complexity index is 984. The molecule has 2 aliphatic rings. The SMILES string of the molecule is CCOC(=O)C1=C(CN2CCN(c3ccccc3OC)CC2)NC(=O)NC1c1cccs1. The Kier molecular flexibility index (Phi) is 6.96. The number of nitrogens with one attached hydrogen (secondary N) is 2. The van der Waals surface area contributed by atoms with Crippen molar-refractivity contribution in [3.63, 3.8) is 0 Å². The van der Waals surface area contributed by atoms with Gasteiger partial charge in [-0.1, -0.05) is 18.2 Å². The summed E-state index contributed by atoms with van der Waals surface area (Å²) in [4.78, 5) is 30.7. The summed E-state index contributed by atoms with van der Waals surface area (Å²) in [6.07, 6.45) is 0. The van der Waals surface area contributed by atoms with Crippen molar-refractivity contribution in [2.75, 3.05) is 51.3 Å². The van der Waals surface area contributed by atoms with Gasteiger partial charge in [-0.05, 0) is 30.5 Å². The summed E-state index contributed by atoms with van der Waals surface area (Å²) in [7, 11) is 1.68. The van der Waals surface area contributed by atoms with E-state index in [-0.39, 0.29) is 12.6 Å². The molecule has 0 radical (unpaired) electrons. The van der Waals surface area contributed by atoms with Gasteiger partial charge in [0, 0.05) is 43.3 Å². The lowest BCUT2D eigenvalue weighted by atomic mass is 10.0. The van der Waals surface area contributed by atoms with E-state index in [1.54, 1.807) is 14.0 Å². The zero-order chi connectivity index (χ0) is 22.5. The van der Waals surface area contributed by atoms with E-state index in [1.165, 1.54) is 11.3 Å². The summed E-state index contributed by atoms with van der Waals surface area (Å²) >= 11 is 1.50. The molecule has 9 heteroatoms. The van der Waals surface area contributed by atoms with E-state index >= 15 is 0 Å². The number of hydrogen-bond acceptors (Lipinski definition) is 7. The molecule has 0 aliphatic carbocycles. The van der Waals surface area contributed by atoms with Gasteiger partial charge in [-0.25, -0.2) is 9.59 Å². The number of benzene rings is 1. The number of hydrogen-bond donors (Lipinski definition) is 2. The number of urea groups is 1. The van der Waals surface area contributed by atoms with Gasteiger partial charge < -0.3 is 25.0 Å². The number of nitrogens with zero attached hydrogens (tertiary/aromatic N) is 2. The summed E-state index contributed by atoms with van der Waals surface area (Å²) in [5.74, 6) is 0.457. The number of thiophene rings is 1. The molecule has 1 saturated heterocycles. The molecule has 1 aromatic heterocycles. The Morgan fingerprint density at radius 2 is 1.94 bits per heavy atom. The topological polar surface area (TPSA) is 83.1 Å². The molecule has 2 amide bonds. The van der Waals surface area contributed by atoms with E-state index in [0.29, 0.717) is 17.8 Å². The highest BCUT2D eigenvalue weighted by Gasteiger charge is 2.35. The van der Waals surface area contributed by atoms with Crippen LogP contribution in [0.3, 0.4) is 0 Å². The largest absolute Gasteiger partial charge is 0.495 e. The fraction of sp³-hybridized carbons (Fsp3) is 0.391. The highest BCUT2D eigenvalue weighted by Crippen LogP contribution is 2.32. The van der Waals surface area contributed by atoms with Crippen LogP contribution in [0, 0.1) is 0 Å². The standard InChI is InChI=1S/C23H28N4O4S/c1-3-31-22(28)20-16(24-23(29)25-21(20)19-9-6-14-32-19)15-26-10-12-27(13-11-26)17-7-4-5-8-18(17)30-2/h4-9,14,21H,3,10-13,15H2,1-2H3,(H2,24,25,29). The van der Waals surface area contributed by atoms with Crippen LogP contribution in [0.25, 0.3) is 0 Å². The Labute approximate surface area is 191 Å². The van der Waals surface area contributed by atoms with Gasteiger partial charge in [0.25, 0.3) is 0 Å². The minimum absolute atomic E-state index is 0.276. The monoisotopic (exact) mass is 456 g/mol. The highest BCUT2D eigenvalue weighted by molar-refractivity contribution is 7.10. The third kappa shape index (κ3) is 4.73. The summed E-state index contributed by atoms with van der Waals surface area (Å²) in [5.41, 5.74) is 2.16. The molecule has 170 valence electrons. The number of carbonyl (C=O) groups excluding carboxylic acids is 2. The summed E-state index contributed by atoms with van der Waals surface area (Å²) in [5, 5.41) is 7.68. The zero-order valence-electron chi connectivity index (χ0n) is 18.3. The molecule has 3 heterocycles. The molecule has 1 aromatic carbocycles. The Balaban J connectivity index is 1.52. The Hall–Kier alpha value is -3.04. The molecule has 32 heavy (non-hydrogen) atoms. The fourth-order valence-corrected chi connectivity index (χ4v) is 4.91. The second kappa shape index (κ2) is 10.1. The Morgan fingerprint density at radius 3 is 2.62 bits per heavy atom. The third-order valence-corrected chi connectivity index (χ3v) is 6.59. The van der Waals surface area contributed by atoms with Crippen molar-refractivity contribution in [2.24, 2.45) is 0 Å². The molecule has 1 fully saturated rings. The van der Waals surface area contributed by atoms with E-state index in [1.807, 2.05) is 35.7 Å². The van der Waals surface area contributed by atoms with Crippen molar-refractivity contribution in [3.05, 3.63) is 57.9 Å². The van der Waals surface area contributed by atoms with E-state index in [0.717, 1.165) is 42.5 Å². The number of amides is 2. The first-order chi connectivity index (χ1) is 15.6. The number of ether oxygens (including phenoxy) is 2. The second-order valence-electron chi connectivity index (χ2n) is 7.59. The lowest BCUT2D eigenvalue weighted by molar-refractivity contribution is -0.139. The van der Waals surface area contributed by atoms with Crippen molar-refractivity contribution in [1.82, 2.24) is 15.5 Å². The van der Waals surface area contributed by atoms with E-state index in [4.69, 9.17) is 9.47 Å². The van der Waals surface area contributed by atoms with Crippen LogP contribution in [0.1, 0.15) is 17.8 Å². The van der Waals surface area contributed by atoms with Gasteiger partial charge in [-0.3, -0.25) is 4.90 Å². The molecule has 1 unspecified atom stereocenters. The highest BCUT2D eigenvalue weighted by atomic mass is 32.1. The van der Waals surface area contributed by atoms with Crippen molar-refractivity contribution < 1.29 is 19.1 Å². The maximum absolute atomic E-state index is 12.9. The first-order valence-corrected chi connectivity index (χ1v) is 11.6. The molecular weight excluding hydrogens is 428 g/mol. The van der Waals surface area contributed by atoms with Gasteiger partial charge in [0.1, 0.15) is 5.75 Å². The molecule has 0 spiro atoms. The van der Waals surface area contributed by atoms with E-state index in [2.05, 4.69) is 26.5 Å². The van der Waals surface area contributed by atoms with Gasteiger partial charge >= 0.3 is 12.0 Å². The number of para-hydroxylation sites is 2. The molecule has 0 bridgehead atoms. The maximum atomic E-state index is 12.9. The summed E-state index contributed by atoms with van der Waals surface area (Å²) < 4.78 is 10.8. The second-order valence-corrected chi connectivity index (χ2v) is 8.57. The lowest BCUT2D eigenvalue weighted by Crippen LogP contribution is -2.51. The van der Waals surface area contributed by atoms with Crippen LogP contribution in [0.5, 0.6) is 5.75 Å². The van der Waals surface area contributed by atoms with Crippen LogP contribution in [0.4, 0.5) is 10.5 Å². The van der Waals surface area contributed by atoms with Crippen molar-refractivity contribution in [2.45, 2.75) is 13.0 Å². The van der Waals surface area contributed by atoms with Crippen LogP contribution >= 0.6 is 11.3 Å². The summed E-state index contributed by atoms with van der Waals surface area (Å²) in [6, 6.07) is 11.0. The third-order valence-electron chi connectivity index (χ3n) is 5.66. The van der Waals surface area contributed by atoms with Crippen LogP contribution < -0.4 is 20.3 Å². The number of methoxy groups -OCH3 is 1. The smallest absolute Gasteiger partial charge is 0.338 e. The van der Waals surface area contributed by atoms with E-state index in [9.17, 15) is 9.59 Å². The Morgan fingerprint density at radius 1 is 1.16 bits per heavy atom. The van der Waals surface area contributed by atoms with Gasteiger partial charge in [0.05, 0.1) is 31.0 Å². The molecular formula is C23H28N4O4S. The van der Waals surface area contributed by atoms with Crippen molar-refractivity contribution in [3.8, 4) is 5.75 Å². The van der Waals surface area contributed by atoms with Crippen molar-refractivity contribution in [1.29, 1.82) is 0 Å². The maximum Gasteiger partial charge on any atom is 0.338 e. The molecule has 2 aliphatic heterocycles. The number of esters is 1. The lowest BCUT2D eigenvalue weighted by Gasteiger charge is -2.38. The first-order valence-electron chi connectivity index (χ1n) is 10.7. The van der Waals surface area contributed by atoms with Crippen LogP contribution in [0.15, 0.2) is 53.0 Å². The van der Waals surface area contributed by atoms with Crippen LogP contribution in [-0.4, -0.2) is 63.3 Å². The fourth-order valence-electron chi connectivity index (χ4n) is 4.12. The molecule has 2 N–H and O–H groups in total. The number of anilines is 1. The molecule has 2 aromatic rings. The first kappa shape index (κ1) is 22.2. The van der Waals surface area contributed by atoms with Gasteiger partial charge in [0.15, 0.2) is 0 Å². The predicted octanol–water partition coefficient (Wildman–Crippen LogP) is 2.75. The zero-order valence-corrected chi connectivity index (χ0v) is 19.1. The van der Waals surface area contributed by atoms with E-state index < -0.39 is 12.0 Å². The molecule has 0 saturated carbocycles. The number of piperazine rings is 1. The van der Waals surface area contributed by atoms with Crippen LogP contribution in [0.2, 0.25) is 0 Å². The van der Waals surface area contributed by atoms with Crippen LogP contribution in [-0.2, 0) is 9.53 Å². The van der Waals surface area contributed by atoms with Gasteiger partial charge in [-0.15, -0.1) is 11.3 Å². The van der Waals surface area contributed by atoms with Gasteiger partial charge in [0.2, 0.25) is 0 Å². The molecule has 8 nitrogen and oxygen atoms in total. The average molecular weight is 457 g/mol. The van der Waals surface area contributed by atoms with Crippen molar-refractivity contribution >= 4 is 29.0 Å². The minimum atomic E-state index is -0.507. The quantitative estimate of drug-likeness (QED) is 0.624. The summed E-state index contributed by atoms with van der Waals surface area (Å²) in [6.45, 7) is 5.77. The number of rotatable bonds is 7. The normalized spacial score (nSPS) is 19.4. The molecule has 4 rings (SSSR count). The average Bonchev–Trinajstić information content (AvgIpc) is 3.34. The minimum Gasteiger partial charge on any atom is -0.495 e. The number of carbonyl (C=O) groups is 2. The van der Waals surface area contributed by atoms with Gasteiger partial charge in [-0.2, -0.15) is 0 Å².